The number of ether oxygens (including phenoxy) is 2. The molecule has 0 amide bonds. The Labute approximate surface area is 120 Å². The van der Waals surface area contributed by atoms with Crippen LogP contribution in [0.2, 0.25) is 0 Å². The first-order valence-electron chi connectivity index (χ1n) is 6.46. The van der Waals surface area contributed by atoms with E-state index in [0.29, 0.717) is 26.2 Å². The maximum atomic E-state index is 12.0. The molecule has 0 aliphatic heterocycles. The molecule has 0 N–H and O–H groups in total. The van der Waals surface area contributed by atoms with Crippen molar-refractivity contribution in [1.82, 2.24) is 9.29 Å². The van der Waals surface area contributed by atoms with Gasteiger partial charge in [-0.15, -0.1) is 0 Å². The van der Waals surface area contributed by atoms with Crippen molar-refractivity contribution in [1.29, 1.82) is 0 Å². The molecule has 0 unspecified atom stereocenters. The minimum Gasteiger partial charge on any atom is -0.382 e. The molecule has 1 aromatic heterocycles. The van der Waals surface area contributed by atoms with Crippen molar-refractivity contribution in [2.24, 2.45) is 0 Å². The van der Waals surface area contributed by atoms with Crippen LogP contribution in [0, 0.1) is 0 Å². The molecule has 0 aliphatic rings. The van der Waals surface area contributed by atoms with Gasteiger partial charge in [-0.3, -0.25) is 4.98 Å². The Morgan fingerprint density at radius 1 is 1.20 bits per heavy atom. The van der Waals surface area contributed by atoms with E-state index in [2.05, 4.69) is 4.98 Å². The van der Waals surface area contributed by atoms with Crippen LogP contribution in [0.5, 0.6) is 0 Å². The van der Waals surface area contributed by atoms with Gasteiger partial charge in [0.15, 0.2) is 0 Å². The molecule has 6 nitrogen and oxygen atoms in total. The van der Waals surface area contributed by atoms with Crippen LogP contribution in [0.4, 0.5) is 0 Å². The van der Waals surface area contributed by atoms with Gasteiger partial charge in [0.25, 0.3) is 0 Å². The molecule has 1 rings (SSSR count). The van der Waals surface area contributed by atoms with Crippen molar-refractivity contribution < 1.29 is 17.9 Å². The highest BCUT2D eigenvalue weighted by molar-refractivity contribution is 7.89. The lowest BCUT2D eigenvalue weighted by Gasteiger charge is -2.17. The van der Waals surface area contributed by atoms with Crippen LogP contribution < -0.4 is 0 Å². The fourth-order valence-electron chi connectivity index (χ4n) is 1.54. The Bertz CT molecular complexity index is 465. The monoisotopic (exact) mass is 302 g/mol. The van der Waals surface area contributed by atoms with Gasteiger partial charge in [0, 0.05) is 33.1 Å². The molecule has 0 atom stereocenters. The molecule has 1 heterocycles. The first kappa shape index (κ1) is 17.0. The van der Waals surface area contributed by atoms with Crippen molar-refractivity contribution in [2.75, 3.05) is 46.3 Å². The van der Waals surface area contributed by atoms with E-state index in [1.807, 2.05) is 12.1 Å². The van der Waals surface area contributed by atoms with E-state index in [9.17, 15) is 8.42 Å². The van der Waals surface area contributed by atoms with Crippen LogP contribution in [-0.4, -0.2) is 64.0 Å². The van der Waals surface area contributed by atoms with Gasteiger partial charge in [0.2, 0.25) is 10.0 Å². The highest BCUT2D eigenvalue weighted by Gasteiger charge is 2.17. The molecule has 20 heavy (non-hydrogen) atoms. The summed E-state index contributed by atoms with van der Waals surface area (Å²) >= 11 is 0. The van der Waals surface area contributed by atoms with Crippen LogP contribution in [0.1, 0.15) is 5.56 Å². The van der Waals surface area contributed by atoms with Gasteiger partial charge < -0.3 is 9.47 Å². The maximum absolute atomic E-state index is 12.0. The number of hydrogen-bond donors (Lipinski definition) is 0. The predicted octanol–water partition coefficient (Wildman–Crippen LogP) is 0.549. The summed E-state index contributed by atoms with van der Waals surface area (Å²) < 4.78 is 35.3. The van der Waals surface area contributed by atoms with Gasteiger partial charge in [0.05, 0.1) is 25.6 Å². The van der Waals surface area contributed by atoms with E-state index in [-0.39, 0.29) is 12.4 Å². The topological polar surface area (TPSA) is 68.7 Å². The van der Waals surface area contributed by atoms with Crippen molar-refractivity contribution in [3.8, 4) is 0 Å². The van der Waals surface area contributed by atoms with E-state index < -0.39 is 10.0 Å². The second kappa shape index (κ2) is 9.02. The molecule has 1 aromatic rings. The van der Waals surface area contributed by atoms with E-state index in [1.54, 1.807) is 26.6 Å². The lowest BCUT2D eigenvalue weighted by molar-refractivity contribution is 0.0782. The average Bonchev–Trinajstić information content (AvgIpc) is 2.45. The zero-order valence-corrected chi connectivity index (χ0v) is 12.8. The minimum absolute atomic E-state index is 0.0104. The fourth-order valence-corrected chi connectivity index (χ4v) is 2.55. The molecule has 0 bridgehead atoms. The number of sulfonamides is 1. The zero-order valence-electron chi connectivity index (χ0n) is 12.0. The van der Waals surface area contributed by atoms with Crippen LogP contribution in [-0.2, 0) is 25.9 Å². The second-order valence-electron chi connectivity index (χ2n) is 4.35. The van der Waals surface area contributed by atoms with Gasteiger partial charge in [-0.1, -0.05) is 0 Å². The third-order valence-electron chi connectivity index (χ3n) is 2.86. The highest BCUT2D eigenvalue weighted by atomic mass is 32.2. The summed E-state index contributed by atoms with van der Waals surface area (Å²) in [4.78, 5) is 3.93. The number of pyridine rings is 1. The Hall–Kier alpha value is -1.02. The maximum Gasteiger partial charge on any atom is 0.216 e. The lowest BCUT2D eigenvalue weighted by atomic mass is 10.2. The molecular formula is C13H22N2O4S. The van der Waals surface area contributed by atoms with Gasteiger partial charge >= 0.3 is 0 Å². The first-order chi connectivity index (χ1) is 9.56. The minimum atomic E-state index is -3.27. The largest absolute Gasteiger partial charge is 0.382 e. The van der Waals surface area contributed by atoms with E-state index in [4.69, 9.17) is 9.47 Å². The van der Waals surface area contributed by atoms with E-state index in [1.165, 1.54) is 4.31 Å². The van der Waals surface area contributed by atoms with E-state index in [0.717, 1.165) is 5.56 Å². The van der Waals surface area contributed by atoms with Crippen LogP contribution in [0.15, 0.2) is 24.5 Å². The SMILES string of the molecule is COCCOCCS(=O)(=O)N(C)CCc1ccncc1. The number of nitrogens with zero attached hydrogens (tertiary/aromatic N) is 2. The summed E-state index contributed by atoms with van der Waals surface area (Å²) in [5, 5.41) is 0. The molecule has 0 fully saturated rings. The smallest absolute Gasteiger partial charge is 0.216 e. The van der Waals surface area contributed by atoms with Gasteiger partial charge in [0.1, 0.15) is 0 Å². The van der Waals surface area contributed by atoms with Crippen molar-refractivity contribution in [3.63, 3.8) is 0 Å². The normalized spacial score (nSPS) is 11.9. The summed E-state index contributed by atoms with van der Waals surface area (Å²) in [5.74, 6) is -0.0104. The summed E-state index contributed by atoms with van der Waals surface area (Å²) in [6.45, 7) is 1.51. The van der Waals surface area contributed by atoms with Crippen LogP contribution >= 0.6 is 0 Å². The standard InChI is InChI=1S/C13H22N2O4S/c1-15(8-5-13-3-6-14-7-4-13)20(16,17)12-11-19-10-9-18-2/h3-4,6-7H,5,8-12H2,1-2H3. The predicted molar refractivity (Wildman–Crippen MR) is 77.1 cm³/mol. The Balaban J connectivity index is 2.31. The summed E-state index contributed by atoms with van der Waals surface area (Å²) in [7, 11) is -0.100. The quantitative estimate of drug-likeness (QED) is 0.590. The molecular weight excluding hydrogens is 280 g/mol. The second-order valence-corrected chi connectivity index (χ2v) is 6.54. The third kappa shape index (κ3) is 6.42. The summed E-state index contributed by atoms with van der Waals surface area (Å²) in [6, 6.07) is 3.77. The number of aromatic nitrogens is 1. The van der Waals surface area contributed by atoms with E-state index >= 15 is 0 Å². The van der Waals surface area contributed by atoms with Crippen molar-refractivity contribution in [3.05, 3.63) is 30.1 Å². The van der Waals surface area contributed by atoms with Crippen molar-refractivity contribution in [2.45, 2.75) is 6.42 Å². The molecule has 0 spiro atoms. The van der Waals surface area contributed by atoms with Crippen LogP contribution in [0.3, 0.4) is 0 Å². The lowest BCUT2D eigenvalue weighted by Crippen LogP contribution is -2.32. The molecule has 0 aliphatic carbocycles. The Kier molecular flexibility index (Phi) is 7.68. The van der Waals surface area contributed by atoms with Crippen LogP contribution in [0.25, 0.3) is 0 Å². The van der Waals surface area contributed by atoms with Gasteiger partial charge in [-0.05, 0) is 24.1 Å². The molecule has 7 heteroatoms. The fraction of sp³-hybridized carbons (Fsp3) is 0.615. The summed E-state index contributed by atoms with van der Waals surface area (Å²) in [6.07, 6.45) is 4.07. The molecule has 114 valence electrons. The molecule has 0 aromatic carbocycles. The number of likely N-dealkylation sites (N-methyl/N-ethyl adjacent to an activating group) is 1. The van der Waals surface area contributed by atoms with Crippen molar-refractivity contribution >= 4 is 10.0 Å². The average molecular weight is 302 g/mol. The molecule has 0 radical (unpaired) electrons. The number of methoxy groups -OCH3 is 1. The highest BCUT2D eigenvalue weighted by Crippen LogP contribution is 2.03. The summed E-state index contributed by atoms with van der Waals surface area (Å²) in [5.41, 5.74) is 1.07. The molecule has 0 saturated carbocycles. The third-order valence-corrected chi connectivity index (χ3v) is 4.67. The number of hydrogen-bond acceptors (Lipinski definition) is 5. The Morgan fingerprint density at radius 2 is 1.90 bits per heavy atom. The van der Waals surface area contributed by atoms with Gasteiger partial charge in [-0.2, -0.15) is 0 Å². The number of rotatable bonds is 10. The Morgan fingerprint density at radius 3 is 2.55 bits per heavy atom. The first-order valence-corrected chi connectivity index (χ1v) is 8.07. The molecule has 0 saturated heterocycles. The zero-order chi connectivity index (χ0) is 14.8. The van der Waals surface area contributed by atoms with Gasteiger partial charge in [-0.25, -0.2) is 12.7 Å².